The lowest BCUT2D eigenvalue weighted by Gasteiger charge is -2.30. The van der Waals surface area contributed by atoms with Crippen molar-refractivity contribution in [3.05, 3.63) is 0 Å². The smallest absolute Gasteiger partial charge is 0.409 e. The first-order valence-electron chi connectivity index (χ1n) is 5.97. The molecule has 1 aliphatic rings. The minimum absolute atomic E-state index is 0.0109. The van der Waals surface area contributed by atoms with Crippen molar-refractivity contribution in [3.63, 3.8) is 0 Å². The van der Waals surface area contributed by atoms with Crippen LogP contribution in [-0.2, 0) is 9.59 Å². The molecule has 0 aromatic carbocycles. The Morgan fingerprint density at radius 3 is 2.05 bits per heavy atom. The van der Waals surface area contributed by atoms with Crippen LogP contribution in [0.4, 0.5) is 26.3 Å². The van der Waals surface area contributed by atoms with Crippen LogP contribution in [0.3, 0.4) is 0 Å². The summed E-state index contributed by atoms with van der Waals surface area (Å²) in [7, 11) is 0. The number of carboxylic acid groups (broad SMARTS) is 1. The summed E-state index contributed by atoms with van der Waals surface area (Å²) < 4.78 is 74.4. The van der Waals surface area contributed by atoms with Gasteiger partial charge in [-0.25, -0.2) is 0 Å². The highest BCUT2D eigenvalue weighted by atomic mass is 19.4. The van der Waals surface area contributed by atoms with Crippen molar-refractivity contribution >= 4 is 11.9 Å². The minimum Gasteiger partial charge on any atom is -0.481 e. The highest BCUT2D eigenvalue weighted by molar-refractivity contribution is 5.82. The van der Waals surface area contributed by atoms with Gasteiger partial charge in [0.2, 0.25) is 11.8 Å². The molecule has 0 spiro atoms. The van der Waals surface area contributed by atoms with E-state index in [9.17, 15) is 35.9 Å². The number of halogens is 6. The molecule has 0 saturated heterocycles. The predicted molar refractivity (Wildman–Crippen MR) is 57.1 cm³/mol. The molecule has 2 atom stereocenters. The second-order valence-corrected chi connectivity index (χ2v) is 5.19. The van der Waals surface area contributed by atoms with Crippen LogP contribution in [0.2, 0.25) is 0 Å². The number of carboxylic acids is 1. The molecule has 21 heavy (non-hydrogen) atoms. The maximum atomic E-state index is 12.4. The molecule has 0 aromatic heterocycles. The van der Waals surface area contributed by atoms with E-state index in [1.807, 2.05) is 0 Å². The van der Waals surface area contributed by atoms with Crippen molar-refractivity contribution < 1.29 is 41.0 Å². The zero-order valence-corrected chi connectivity index (χ0v) is 10.8. The van der Waals surface area contributed by atoms with E-state index in [1.165, 1.54) is 6.92 Å². The standard InChI is InChI=1S/C11H13F6NO3/c1-9(8(20)21)4-2-3-5(9)18-7(19)6(10(12,13)14)11(15,16)17/h5-6H,2-4H2,1H3,(H,18,19)(H,20,21). The minimum atomic E-state index is -5.79. The highest BCUT2D eigenvalue weighted by Crippen LogP contribution is 2.42. The van der Waals surface area contributed by atoms with Crippen LogP contribution < -0.4 is 5.32 Å². The number of rotatable bonds is 3. The molecule has 1 fully saturated rings. The Labute approximate surface area is 115 Å². The lowest BCUT2D eigenvalue weighted by molar-refractivity contribution is -0.274. The monoisotopic (exact) mass is 321 g/mol. The summed E-state index contributed by atoms with van der Waals surface area (Å²) in [4.78, 5) is 22.4. The molecule has 2 N–H and O–H groups in total. The molecule has 0 radical (unpaired) electrons. The van der Waals surface area contributed by atoms with E-state index < -0.39 is 41.6 Å². The van der Waals surface area contributed by atoms with Gasteiger partial charge >= 0.3 is 18.3 Å². The maximum absolute atomic E-state index is 12.4. The van der Waals surface area contributed by atoms with Crippen LogP contribution in [0.15, 0.2) is 0 Å². The number of amides is 1. The van der Waals surface area contributed by atoms with Gasteiger partial charge in [-0.3, -0.25) is 9.59 Å². The van der Waals surface area contributed by atoms with Gasteiger partial charge in [0.1, 0.15) is 0 Å². The molecule has 1 amide bonds. The fourth-order valence-corrected chi connectivity index (χ4v) is 2.39. The van der Waals surface area contributed by atoms with Crippen LogP contribution in [0, 0.1) is 11.3 Å². The van der Waals surface area contributed by atoms with E-state index in [4.69, 9.17) is 5.11 Å². The number of nitrogens with one attached hydrogen (secondary N) is 1. The summed E-state index contributed by atoms with van der Waals surface area (Å²) in [5.74, 6) is -7.81. The van der Waals surface area contributed by atoms with Gasteiger partial charge in [-0.2, -0.15) is 26.3 Å². The largest absolute Gasteiger partial charge is 0.481 e. The van der Waals surface area contributed by atoms with Gasteiger partial charge in [0.05, 0.1) is 5.41 Å². The van der Waals surface area contributed by atoms with Crippen molar-refractivity contribution in [1.29, 1.82) is 0 Å². The van der Waals surface area contributed by atoms with Gasteiger partial charge in [-0.05, 0) is 19.8 Å². The van der Waals surface area contributed by atoms with E-state index in [1.54, 1.807) is 5.32 Å². The molecule has 0 bridgehead atoms. The number of alkyl halides is 6. The van der Waals surface area contributed by atoms with Crippen LogP contribution in [0.25, 0.3) is 0 Å². The lowest BCUT2D eigenvalue weighted by Crippen LogP contribution is -2.54. The molecular weight excluding hydrogens is 308 g/mol. The summed E-state index contributed by atoms with van der Waals surface area (Å²) in [6, 6.07) is -1.27. The highest BCUT2D eigenvalue weighted by Gasteiger charge is 2.62. The third-order valence-corrected chi connectivity index (χ3v) is 3.68. The third-order valence-electron chi connectivity index (χ3n) is 3.68. The Kier molecular flexibility index (Phi) is 4.50. The van der Waals surface area contributed by atoms with E-state index in [0.29, 0.717) is 0 Å². The number of carbonyl (C=O) groups is 2. The topological polar surface area (TPSA) is 66.4 Å². The van der Waals surface area contributed by atoms with Crippen LogP contribution >= 0.6 is 0 Å². The van der Waals surface area contributed by atoms with Gasteiger partial charge < -0.3 is 10.4 Å². The first kappa shape index (κ1) is 17.6. The zero-order chi connectivity index (χ0) is 16.6. The molecule has 0 heterocycles. The van der Waals surface area contributed by atoms with Crippen molar-refractivity contribution in [3.8, 4) is 0 Å². The number of hydrogen-bond acceptors (Lipinski definition) is 2. The molecule has 0 aromatic rings. The van der Waals surface area contributed by atoms with Crippen molar-refractivity contribution in [2.24, 2.45) is 11.3 Å². The fourth-order valence-electron chi connectivity index (χ4n) is 2.39. The van der Waals surface area contributed by atoms with Crippen molar-refractivity contribution in [2.75, 3.05) is 0 Å². The van der Waals surface area contributed by atoms with Gasteiger partial charge in [0.15, 0.2) is 0 Å². The molecule has 0 aliphatic heterocycles. The second-order valence-electron chi connectivity index (χ2n) is 5.19. The number of aliphatic carboxylic acids is 1. The van der Waals surface area contributed by atoms with E-state index in [0.717, 1.165) is 0 Å². The molecule has 1 saturated carbocycles. The Hall–Kier alpha value is -1.48. The molecule has 122 valence electrons. The molecule has 2 unspecified atom stereocenters. The van der Waals surface area contributed by atoms with Crippen LogP contribution in [-0.4, -0.2) is 35.4 Å². The zero-order valence-electron chi connectivity index (χ0n) is 10.8. The summed E-state index contributed by atoms with van der Waals surface area (Å²) >= 11 is 0. The molecule has 1 aliphatic carbocycles. The maximum Gasteiger partial charge on any atom is 0.409 e. The quantitative estimate of drug-likeness (QED) is 0.785. The Morgan fingerprint density at radius 1 is 1.19 bits per heavy atom. The summed E-state index contributed by atoms with van der Waals surface area (Å²) in [5.41, 5.74) is -1.57. The van der Waals surface area contributed by atoms with Crippen molar-refractivity contribution in [2.45, 2.75) is 44.6 Å². The fraction of sp³-hybridized carbons (Fsp3) is 0.818. The van der Waals surface area contributed by atoms with Gasteiger partial charge in [-0.15, -0.1) is 0 Å². The van der Waals surface area contributed by atoms with Crippen molar-refractivity contribution in [1.82, 2.24) is 5.32 Å². The average Bonchev–Trinajstić information content (AvgIpc) is 2.56. The summed E-state index contributed by atoms with van der Waals surface area (Å²) in [6.45, 7) is 1.18. The van der Waals surface area contributed by atoms with Crippen LogP contribution in [0.5, 0.6) is 0 Å². The average molecular weight is 321 g/mol. The van der Waals surface area contributed by atoms with Crippen LogP contribution in [0.1, 0.15) is 26.2 Å². The summed E-state index contributed by atoms with van der Waals surface area (Å²) in [6.07, 6.45) is -11.2. The van der Waals surface area contributed by atoms with E-state index in [2.05, 4.69) is 0 Å². The van der Waals surface area contributed by atoms with Gasteiger partial charge in [0.25, 0.3) is 0 Å². The van der Waals surface area contributed by atoms with E-state index in [-0.39, 0.29) is 19.3 Å². The van der Waals surface area contributed by atoms with E-state index >= 15 is 0 Å². The third kappa shape index (κ3) is 3.59. The molecule has 1 rings (SSSR count). The number of hydrogen-bond donors (Lipinski definition) is 2. The first-order chi connectivity index (χ1) is 9.30. The molecule has 10 heteroatoms. The Morgan fingerprint density at radius 2 is 1.67 bits per heavy atom. The Balaban J connectivity index is 2.96. The first-order valence-corrected chi connectivity index (χ1v) is 5.97. The van der Waals surface area contributed by atoms with Gasteiger partial charge in [-0.1, -0.05) is 6.42 Å². The second kappa shape index (κ2) is 5.38. The lowest BCUT2D eigenvalue weighted by atomic mass is 9.84. The molecular formula is C11H13F6NO3. The molecule has 4 nitrogen and oxygen atoms in total. The van der Waals surface area contributed by atoms with Gasteiger partial charge in [0, 0.05) is 6.04 Å². The Bertz CT molecular complexity index is 419. The normalized spacial score (nSPS) is 27.0. The summed E-state index contributed by atoms with van der Waals surface area (Å²) in [5, 5.41) is 10.6. The SMILES string of the molecule is CC1(C(=O)O)CCCC1NC(=O)C(C(F)(F)F)C(F)(F)F. The number of carbonyl (C=O) groups excluding carboxylic acids is 1. The predicted octanol–water partition coefficient (Wildman–Crippen LogP) is 2.49.